The van der Waals surface area contributed by atoms with Gasteiger partial charge in [-0.1, -0.05) is 24.3 Å². The first-order chi connectivity index (χ1) is 12.5. The van der Waals surface area contributed by atoms with Gasteiger partial charge in [-0.25, -0.2) is 0 Å². The van der Waals surface area contributed by atoms with E-state index in [0.29, 0.717) is 34.0 Å². The van der Waals surface area contributed by atoms with Crippen molar-refractivity contribution in [1.29, 1.82) is 10.8 Å². The maximum absolute atomic E-state index is 7.53. The average Bonchev–Trinajstić information content (AvgIpc) is 3.27. The zero-order valence-electron chi connectivity index (χ0n) is 13.7. The minimum absolute atomic E-state index is 0.0175. The van der Waals surface area contributed by atoms with Gasteiger partial charge in [0.2, 0.25) is 0 Å². The van der Waals surface area contributed by atoms with Gasteiger partial charge in [0.25, 0.3) is 0 Å². The highest BCUT2D eigenvalue weighted by atomic mass is 16.4. The van der Waals surface area contributed by atoms with Gasteiger partial charge in [-0.15, -0.1) is 0 Å². The van der Waals surface area contributed by atoms with Gasteiger partial charge in [-0.05, 0) is 36.4 Å². The average molecular weight is 344 g/mol. The lowest BCUT2D eigenvalue weighted by molar-refractivity contribution is 0.552. The second-order valence-electron chi connectivity index (χ2n) is 5.93. The number of nitrogens with one attached hydrogen (secondary N) is 2. The van der Waals surface area contributed by atoms with E-state index in [4.69, 9.17) is 31.1 Å². The lowest BCUT2D eigenvalue weighted by Crippen LogP contribution is -2.10. The van der Waals surface area contributed by atoms with Gasteiger partial charge < -0.3 is 20.3 Å². The van der Waals surface area contributed by atoms with Gasteiger partial charge in [-0.2, -0.15) is 0 Å². The van der Waals surface area contributed by atoms with Gasteiger partial charge in [0.05, 0.1) is 0 Å². The minimum atomic E-state index is 0.0175. The first kappa shape index (κ1) is 15.7. The fourth-order valence-electron chi connectivity index (χ4n) is 2.77. The summed E-state index contributed by atoms with van der Waals surface area (Å²) < 4.78 is 11.8. The van der Waals surface area contributed by atoms with Crippen molar-refractivity contribution in [3.8, 4) is 22.8 Å². The molecule has 0 amide bonds. The Morgan fingerprint density at radius 1 is 0.654 bits per heavy atom. The van der Waals surface area contributed by atoms with Crippen molar-refractivity contribution in [2.45, 2.75) is 0 Å². The molecule has 0 bridgehead atoms. The molecule has 6 heteroatoms. The van der Waals surface area contributed by atoms with Crippen molar-refractivity contribution in [3.05, 3.63) is 71.8 Å². The number of hydrogen-bond donors (Lipinski definition) is 4. The number of nitrogens with two attached hydrogens (primary N) is 2. The molecule has 0 aliphatic rings. The molecule has 2 aromatic carbocycles. The fourth-order valence-corrected chi connectivity index (χ4v) is 2.77. The van der Waals surface area contributed by atoms with E-state index < -0.39 is 0 Å². The van der Waals surface area contributed by atoms with Crippen molar-refractivity contribution in [3.63, 3.8) is 0 Å². The largest absolute Gasteiger partial charge is 0.453 e. The van der Waals surface area contributed by atoms with Crippen LogP contribution < -0.4 is 11.5 Å². The zero-order chi connectivity index (χ0) is 18.3. The summed E-state index contributed by atoms with van der Waals surface area (Å²) in [5, 5.41) is 15.8. The molecule has 0 aliphatic heterocycles. The molecule has 128 valence electrons. The second-order valence-corrected chi connectivity index (χ2v) is 5.93. The highest BCUT2D eigenvalue weighted by molar-refractivity contribution is 5.99. The van der Waals surface area contributed by atoms with Crippen LogP contribution in [0.3, 0.4) is 0 Å². The Kier molecular flexibility index (Phi) is 3.58. The molecule has 0 saturated heterocycles. The molecule has 0 saturated carbocycles. The number of fused-ring (bicyclic) bond motifs is 1. The van der Waals surface area contributed by atoms with E-state index in [0.717, 1.165) is 10.9 Å². The predicted octanol–water partition coefficient (Wildman–Crippen LogP) is 3.93. The molecule has 2 aromatic heterocycles. The molecule has 0 unspecified atom stereocenters. The number of rotatable bonds is 4. The predicted molar refractivity (Wildman–Crippen MR) is 101 cm³/mol. The molecular weight excluding hydrogens is 328 g/mol. The van der Waals surface area contributed by atoms with Crippen molar-refractivity contribution >= 4 is 22.6 Å². The maximum Gasteiger partial charge on any atom is 0.170 e. The Bertz CT molecular complexity index is 1140. The monoisotopic (exact) mass is 344 g/mol. The Balaban J connectivity index is 1.68. The summed E-state index contributed by atoms with van der Waals surface area (Å²) in [6.45, 7) is 0. The van der Waals surface area contributed by atoms with Crippen molar-refractivity contribution < 1.29 is 8.83 Å². The van der Waals surface area contributed by atoms with Crippen molar-refractivity contribution in [2.24, 2.45) is 11.5 Å². The smallest absolute Gasteiger partial charge is 0.170 e. The highest BCUT2D eigenvalue weighted by Gasteiger charge is 2.12. The summed E-state index contributed by atoms with van der Waals surface area (Å²) in [4.78, 5) is 0. The topological polar surface area (TPSA) is 126 Å². The number of furan rings is 2. The molecule has 2 heterocycles. The van der Waals surface area contributed by atoms with Crippen LogP contribution in [-0.4, -0.2) is 11.7 Å². The molecule has 6 N–H and O–H groups in total. The van der Waals surface area contributed by atoms with Crippen LogP contribution >= 0.6 is 0 Å². The van der Waals surface area contributed by atoms with Crippen LogP contribution in [0.2, 0.25) is 0 Å². The van der Waals surface area contributed by atoms with E-state index in [9.17, 15) is 0 Å². The number of benzene rings is 2. The van der Waals surface area contributed by atoms with Gasteiger partial charge >= 0.3 is 0 Å². The van der Waals surface area contributed by atoms with Crippen LogP contribution in [0.25, 0.3) is 33.8 Å². The molecule has 26 heavy (non-hydrogen) atoms. The third-order valence-electron chi connectivity index (χ3n) is 4.16. The third kappa shape index (κ3) is 2.73. The van der Waals surface area contributed by atoms with Crippen LogP contribution in [0, 0.1) is 10.8 Å². The highest BCUT2D eigenvalue weighted by Crippen LogP contribution is 2.32. The second kappa shape index (κ2) is 5.93. The van der Waals surface area contributed by atoms with Crippen LogP contribution in [0.5, 0.6) is 0 Å². The number of nitrogen functional groups attached to an aromatic ring is 2. The summed E-state index contributed by atoms with van der Waals surface area (Å²) in [5.74, 6) is 1.95. The normalized spacial score (nSPS) is 10.9. The zero-order valence-corrected chi connectivity index (χ0v) is 13.7. The lowest BCUT2D eigenvalue weighted by atomic mass is 10.1. The molecule has 4 rings (SSSR count). The summed E-state index contributed by atoms with van der Waals surface area (Å²) in [6.07, 6.45) is 0. The van der Waals surface area contributed by atoms with Gasteiger partial charge in [0, 0.05) is 22.1 Å². The molecule has 0 fully saturated rings. The van der Waals surface area contributed by atoms with E-state index in [1.54, 1.807) is 24.3 Å². The van der Waals surface area contributed by atoms with Crippen LogP contribution in [0.4, 0.5) is 0 Å². The van der Waals surface area contributed by atoms with Crippen LogP contribution in [0.15, 0.2) is 69.5 Å². The number of amidine groups is 2. The van der Waals surface area contributed by atoms with Crippen molar-refractivity contribution in [1.82, 2.24) is 0 Å². The molecule has 0 atom stereocenters. The Labute approximate surface area is 149 Å². The molecule has 0 aliphatic carbocycles. The molecule has 0 spiro atoms. The van der Waals surface area contributed by atoms with Crippen LogP contribution in [-0.2, 0) is 0 Å². The first-order valence-corrected chi connectivity index (χ1v) is 7.94. The number of hydrogen-bond acceptors (Lipinski definition) is 4. The summed E-state index contributed by atoms with van der Waals surface area (Å²) in [6, 6.07) is 18.2. The van der Waals surface area contributed by atoms with Gasteiger partial charge in [-0.3, -0.25) is 10.8 Å². The fraction of sp³-hybridized carbons (Fsp3) is 0. The minimum Gasteiger partial charge on any atom is -0.453 e. The molecule has 0 radical (unpaired) electrons. The van der Waals surface area contributed by atoms with Crippen LogP contribution in [0.1, 0.15) is 11.1 Å². The van der Waals surface area contributed by atoms with Crippen molar-refractivity contribution in [2.75, 3.05) is 0 Å². The summed E-state index contributed by atoms with van der Waals surface area (Å²) in [7, 11) is 0. The Hall–Kier alpha value is -3.80. The van der Waals surface area contributed by atoms with E-state index in [-0.39, 0.29) is 11.7 Å². The SMILES string of the molecule is N=C(N)c1ccc(-c2ccc(-c3cc4cc(C(=N)N)ccc4o3)o2)cc1. The molecular formula is C20H16N4O2. The summed E-state index contributed by atoms with van der Waals surface area (Å²) in [5.41, 5.74) is 13.9. The standard InChI is InChI=1S/C20H16N4O2/c21-19(22)12-3-1-11(2-4-12)15-7-8-17(25-15)18-10-14-9-13(20(23)24)5-6-16(14)26-18/h1-10H,(H3,21,22)(H3,23,24). The van der Waals surface area contributed by atoms with Gasteiger partial charge in [0.15, 0.2) is 11.5 Å². The molecule has 6 nitrogen and oxygen atoms in total. The molecule has 4 aromatic rings. The Morgan fingerprint density at radius 3 is 2.00 bits per heavy atom. The summed E-state index contributed by atoms with van der Waals surface area (Å²) >= 11 is 0. The van der Waals surface area contributed by atoms with E-state index in [1.165, 1.54) is 0 Å². The van der Waals surface area contributed by atoms with E-state index >= 15 is 0 Å². The van der Waals surface area contributed by atoms with E-state index in [1.807, 2.05) is 36.4 Å². The maximum atomic E-state index is 7.53. The Morgan fingerprint density at radius 2 is 1.31 bits per heavy atom. The van der Waals surface area contributed by atoms with Gasteiger partial charge in [0.1, 0.15) is 23.0 Å². The van der Waals surface area contributed by atoms with E-state index in [2.05, 4.69) is 0 Å². The lowest BCUT2D eigenvalue weighted by Gasteiger charge is -2.00. The first-order valence-electron chi connectivity index (χ1n) is 7.94. The quantitative estimate of drug-likeness (QED) is 0.330. The third-order valence-corrected chi connectivity index (χ3v) is 4.16.